The Kier molecular flexibility index (Phi) is 7.38. The second-order valence-corrected chi connectivity index (χ2v) is 9.30. The van der Waals surface area contributed by atoms with Crippen molar-refractivity contribution in [2.75, 3.05) is 0 Å². The van der Waals surface area contributed by atoms with Crippen molar-refractivity contribution >= 4 is 27.6 Å². The summed E-state index contributed by atoms with van der Waals surface area (Å²) in [5.41, 5.74) is -0.591. The quantitative estimate of drug-likeness (QED) is 0.312. The van der Waals surface area contributed by atoms with Crippen molar-refractivity contribution in [1.29, 1.82) is 0 Å². The molecule has 1 atom stereocenters. The van der Waals surface area contributed by atoms with Crippen LogP contribution in [0.5, 0.6) is 5.75 Å². The lowest BCUT2D eigenvalue weighted by atomic mass is 10.2. The number of alkyl halides is 4. The van der Waals surface area contributed by atoms with Crippen molar-refractivity contribution in [2.24, 2.45) is 0 Å². The third-order valence-corrected chi connectivity index (χ3v) is 5.94. The average molecular weight is 502 g/mol. The van der Waals surface area contributed by atoms with E-state index in [4.69, 9.17) is 20.2 Å². The van der Waals surface area contributed by atoms with Crippen LogP contribution in [0.15, 0.2) is 76.2 Å². The molecule has 3 aromatic rings. The largest absolute Gasteiger partial charge is 0.467 e. The van der Waals surface area contributed by atoms with Gasteiger partial charge in [-0.2, -0.15) is 21.6 Å². The van der Waals surface area contributed by atoms with Crippen LogP contribution in [0, 0.1) is 0 Å². The summed E-state index contributed by atoms with van der Waals surface area (Å²) in [5.74, 6) is 0.0467. The fourth-order valence-corrected chi connectivity index (χ4v) is 4.08. The normalized spacial score (nSPS) is 12.9. The van der Waals surface area contributed by atoms with E-state index in [-0.39, 0.29) is 24.7 Å². The zero-order chi connectivity index (χ0) is 24.2. The lowest BCUT2D eigenvalue weighted by Gasteiger charge is -2.23. The van der Waals surface area contributed by atoms with E-state index in [0.29, 0.717) is 17.4 Å². The predicted molar refractivity (Wildman–Crippen MR) is 114 cm³/mol. The van der Waals surface area contributed by atoms with E-state index >= 15 is 0 Å². The first-order valence-corrected chi connectivity index (χ1v) is 11.5. The number of hydrogen-bond acceptors (Lipinski definition) is 5. The molecule has 0 spiro atoms. The van der Waals surface area contributed by atoms with Gasteiger partial charge in [0, 0.05) is 6.54 Å². The minimum absolute atomic E-state index is 0.0669. The van der Waals surface area contributed by atoms with Crippen molar-refractivity contribution in [3.63, 3.8) is 0 Å². The molecule has 0 saturated carbocycles. The highest BCUT2D eigenvalue weighted by atomic mass is 35.5. The van der Waals surface area contributed by atoms with E-state index in [1.54, 1.807) is 18.2 Å². The van der Waals surface area contributed by atoms with Gasteiger partial charge in [-0.3, -0.25) is 4.79 Å². The van der Waals surface area contributed by atoms with Gasteiger partial charge in [0.2, 0.25) is 5.91 Å². The highest BCUT2D eigenvalue weighted by Gasteiger charge is 2.32. The standard InChI is InChI=1S/C22H19ClF3NO5S/c1-15(23)21(28)27(14-19-8-4-10-31-19)13-16-5-2-7-18(11-16)32-33(29,30)20-9-3-6-17(12-20)22(24,25)26/h2-12,15H,13-14H2,1H3. The molecule has 33 heavy (non-hydrogen) atoms. The maximum Gasteiger partial charge on any atom is 0.416 e. The first-order chi connectivity index (χ1) is 15.5. The molecule has 0 saturated heterocycles. The molecule has 11 heteroatoms. The van der Waals surface area contributed by atoms with Gasteiger partial charge in [0.05, 0.1) is 18.4 Å². The summed E-state index contributed by atoms with van der Waals surface area (Å²) in [4.78, 5) is 13.3. The van der Waals surface area contributed by atoms with E-state index in [1.807, 2.05) is 0 Å². The maximum atomic E-state index is 12.9. The smallest absolute Gasteiger partial charge is 0.416 e. The van der Waals surface area contributed by atoms with Gasteiger partial charge in [-0.15, -0.1) is 11.6 Å². The van der Waals surface area contributed by atoms with Crippen LogP contribution in [-0.4, -0.2) is 24.6 Å². The molecule has 1 heterocycles. The predicted octanol–water partition coefficient (Wildman–Crippen LogP) is 5.22. The Labute approximate surface area is 193 Å². The van der Waals surface area contributed by atoms with Crippen LogP contribution >= 0.6 is 11.6 Å². The number of amides is 1. The SMILES string of the molecule is CC(Cl)C(=O)N(Cc1cccc(OS(=O)(=O)c2cccc(C(F)(F)F)c2)c1)Cc1ccco1. The van der Waals surface area contributed by atoms with E-state index in [1.165, 1.54) is 36.3 Å². The zero-order valence-corrected chi connectivity index (χ0v) is 18.8. The zero-order valence-electron chi connectivity index (χ0n) is 17.3. The molecule has 0 fully saturated rings. The highest BCUT2D eigenvalue weighted by Crippen LogP contribution is 2.31. The van der Waals surface area contributed by atoms with Crippen molar-refractivity contribution in [1.82, 2.24) is 4.90 Å². The fraction of sp³-hybridized carbons (Fsp3) is 0.227. The van der Waals surface area contributed by atoms with Crippen molar-refractivity contribution < 1.29 is 35.0 Å². The Morgan fingerprint density at radius 2 is 1.82 bits per heavy atom. The molecule has 2 aromatic carbocycles. The third kappa shape index (κ3) is 6.52. The lowest BCUT2D eigenvalue weighted by molar-refractivity contribution is -0.137. The summed E-state index contributed by atoms with van der Waals surface area (Å²) in [5, 5.41) is -0.805. The molecular formula is C22H19ClF3NO5S. The van der Waals surface area contributed by atoms with E-state index in [9.17, 15) is 26.4 Å². The number of carbonyl (C=O) groups excluding carboxylic acids is 1. The molecule has 1 unspecified atom stereocenters. The molecule has 3 rings (SSSR count). The van der Waals surface area contributed by atoms with Gasteiger partial charge in [0.1, 0.15) is 21.8 Å². The van der Waals surface area contributed by atoms with Crippen LogP contribution in [-0.2, 0) is 34.2 Å². The van der Waals surface area contributed by atoms with Crippen LogP contribution in [0.25, 0.3) is 0 Å². The average Bonchev–Trinajstić information content (AvgIpc) is 3.25. The summed E-state index contributed by atoms with van der Waals surface area (Å²) < 4.78 is 74.2. The number of nitrogens with zero attached hydrogens (tertiary/aromatic N) is 1. The van der Waals surface area contributed by atoms with Crippen molar-refractivity contribution in [2.45, 2.75) is 36.5 Å². The number of hydrogen-bond donors (Lipinski definition) is 0. The monoisotopic (exact) mass is 501 g/mol. The van der Waals surface area contributed by atoms with Crippen molar-refractivity contribution in [3.8, 4) is 5.75 Å². The third-order valence-electron chi connectivity index (χ3n) is 4.51. The van der Waals surface area contributed by atoms with Crippen molar-refractivity contribution in [3.05, 3.63) is 83.8 Å². The van der Waals surface area contributed by atoms with Crippen LogP contribution < -0.4 is 4.18 Å². The molecule has 0 N–H and O–H groups in total. The molecule has 0 aliphatic rings. The van der Waals surface area contributed by atoms with Crippen LogP contribution in [0.1, 0.15) is 23.8 Å². The molecule has 1 amide bonds. The molecule has 0 bridgehead atoms. The molecule has 0 aliphatic carbocycles. The van der Waals surface area contributed by atoms with Gasteiger partial charge < -0.3 is 13.5 Å². The summed E-state index contributed by atoms with van der Waals surface area (Å²) in [6.45, 7) is 1.73. The topological polar surface area (TPSA) is 76.8 Å². The Bertz CT molecular complexity index is 1210. The molecule has 6 nitrogen and oxygen atoms in total. The fourth-order valence-electron chi connectivity index (χ4n) is 2.97. The highest BCUT2D eigenvalue weighted by molar-refractivity contribution is 7.87. The summed E-state index contributed by atoms with van der Waals surface area (Å²) in [6.07, 6.45) is -3.23. The van der Waals surface area contributed by atoms with Gasteiger partial charge in [0.25, 0.3) is 0 Å². The van der Waals surface area contributed by atoms with Gasteiger partial charge in [-0.1, -0.05) is 18.2 Å². The number of carbonyl (C=O) groups is 1. The first kappa shape index (κ1) is 24.7. The van der Waals surface area contributed by atoms with Gasteiger partial charge in [-0.05, 0) is 55.0 Å². The minimum Gasteiger partial charge on any atom is -0.467 e. The summed E-state index contributed by atoms with van der Waals surface area (Å²) in [6, 6.07) is 12.5. The number of halogens is 4. The molecule has 0 aliphatic heterocycles. The van der Waals surface area contributed by atoms with Crippen LogP contribution in [0.4, 0.5) is 13.2 Å². The lowest BCUT2D eigenvalue weighted by Crippen LogP contribution is -2.34. The summed E-state index contributed by atoms with van der Waals surface area (Å²) in [7, 11) is -4.53. The van der Waals surface area contributed by atoms with E-state index < -0.39 is 32.1 Å². The first-order valence-electron chi connectivity index (χ1n) is 9.61. The minimum atomic E-state index is -4.70. The molecule has 0 radical (unpaired) electrons. The Morgan fingerprint density at radius 1 is 1.09 bits per heavy atom. The second kappa shape index (κ2) is 9.88. The maximum absolute atomic E-state index is 12.9. The molecular weight excluding hydrogens is 483 g/mol. The Morgan fingerprint density at radius 3 is 2.45 bits per heavy atom. The molecule has 176 valence electrons. The number of benzene rings is 2. The second-order valence-electron chi connectivity index (χ2n) is 7.10. The van der Waals surface area contributed by atoms with Crippen LogP contribution in [0.3, 0.4) is 0 Å². The van der Waals surface area contributed by atoms with Crippen LogP contribution in [0.2, 0.25) is 0 Å². The van der Waals surface area contributed by atoms with E-state index in [0.717, 1.165) is 18.2 Å². The Balaban J connectivity index is 1.81. The summed E-state index contributed by atoms with van der Waals surface area (Å²) >= 11 is 5.95. The van der Waals surface area contributed by atoms with Gasteiger partial charge in [-0.25, -0.2) is 0 Å². The number of rotatable bonds is 8. The Hall–Kier alpha value is -2.98. The number of furan rings is 1. The van der Waals surface area contributed by atoms with Gasteiger partial charge >= 0.3 is 16.3 Å². The van der Waals surface area contributed by atoms with Gasteiger partial charge in [0.15, 0.2) is 0 Å². The molecule has 1 aromatic heterocycles. The van der Waals surface area contributed by atoms with E-state index in [2.05, 4.69) is 0 Å².